The van der Waals surface area contributed by atoms with Crippen molar-refractivity contribution in [1.82, 2.24) is 4.90 Å². The number of hydrogen-bond acceptors (Lipinski definition) is 5. The summed E-state index contributed by atoms with van der Waals surface area (Å²) in [7, 11) is -4.15. The Hall–Kier alpha value is -3.43. The van der Waals surface area contributed by atoms with Gasteiger partial charge in [-0.25, -0.2) is 4.39 Å². The zero-order valence-electron chi connectivity index (χ0n) is 17.7. The number of hydrogen-bond donors (Lipinski definition) is 0. The fourth-order valence-corrected chi connectivity index (χ4v) is 4.61. The summed E-state index contributed by atoms with van der Waals surface area (Å²) in [6.07, 6.45) is 1.53. The Kier molecular flexibility index (Phi) is 7.14. The Balaban J connectivity index is 1.57. The fraction of sp³-hybridized carbons (Fsp3) is 0.0800. The summed E-state index contributed by atoms with van der Waals surface area (Å²) >= 11 is 3.38. The third kappa shape index (κ3) is 5.92. The average molecular weight is 544 g/mol. The van der Waals surface area contributed by atoms with Gasteiger partial charge in [-0.3, -0.25) is 4.79 Å². The largest absolute Gasteiger partial charge is 0.467 e. The van der Waals surface area contributed by atoms with E-state index in [0.717, 1.165) is 28.7 Å². The van der Waals surface area contributed by atoms with Crippen LogP contribution in [0.15, 0.2) is 105 Å². The summed E-state index contributed by atoms with van der Waals surface area (Å²) in [5.41, 5.74) is 1.15. The molecular formula is C25H19BrFNO5S. The number of carbonyl (C=O) groups is 1. The number of halogens is 2. The summed E-state index contributed by atoms with van der Waals surface area (Å²) < 4.78 is 49.7. The van der Waals surface area contributed by atoms with E-state index >= 15 is 0 Å². The maximum Gasteiger partial charge on any atom is 0.339 e. The number of furan rings is 1. The van der Waals surface area contributed by atoms with Crippen LogP contribution >= 0.6 is 15.9 Å². The van der Waals surface area contributed by atoms with Gasteiger partial charge in [-0.05, 0) is 72.3 Å². The molecule has 3 aromatic carbocycles. The van der Waals surface area contributed by atoms with E-state index in [0.29, 0.717) is 16.9 Å². The van der Waals surface area contributed by atoms with Gasteiger partial charge in [0.15, 0.2) is 0 Å². The molecule has 0 radical (unpaired) electrons. The van der Waals surface area contributed by atoms with Gasteiger partial charge >= 0.3 is 10.1 Å². The zero-order valence-corrected chi connectivity index (χ0v) is 20.1. The second kappa shape index (κ2) is 10.2. The lowest BCUT2D eigenvalue weighted by Crippen LogP contribution is -2.30. The number of benzene rings is 3. The number of nitrogens with zero attached hydrogens (tertiary/aromatic N) is 1. The van der Waals surface area contributed by atoms with Crippen molar-refractivity contribution >= 4 is 32.0 Å². The van der Waals surface area contributed by atoms with Crippen LogP contribution in [0, 0.1) is 5.82 Å². The van der Waals surface area contributed by atoms with Crippen molar-refractivity contribution in [3.05, 3.63) is 118 Å². The van der Waals surface area contributed by atoms with Crippen molar-refractivity contribution < 1.29 is 26.2 Å². The van der Waals surface area contributed by atoms with Crippen molar-refractivity contribution in [2.75, 3.05) is 0 Å². The van der Waals surface area contributed by atoms with Crippen LogP contribution in [0.3, 0.4) is 0 Å². The van der Waals surface area contributed by atoms with Crippen LogP contribution < -0.4 is 4.18 Å². The van der Waals surface area contributed by atoms with Crippen molar-refractivity contribution in [3.63, 3.8) is 0 Å². The van der Waals surface area contributed by atoms with Gasteiger partial charge in [0.1, 0.15) is 22.2 Å². The number of amides is 1. The lowest BCUT2D eigenvalue weighted by Gasteiger charge is -2.22. The van der Waals surface area contributed by atoms with Crippen LogP contribution in [0.4, 0.5) is 4.39 Å². The minimum absolute atomic E-state index is 0.0784. The fourth-order valence-electron chi connectivity index (χ4n) is 3.29. The highest BCUT2D eigenvalue weighted by Crippen LogP contribution is 2.23. The minimum atomic E-state index is -4.15. The molecule has 1 amide bonds. The molecule has 0 aliphatic heterocycles. The third-order valence-electron chi connectivity index (χ3n) is 4.87. The Morgan fingerprint density at radius 1 is 0.941 bits per heavy atom. The maximum atomic E-state index is 13.3. The summed E-state index contributed by atoms with van der Waals surface area (Å²) in [6.45, 7) is 0.400. The molecule has 0 saturated carbocycles. The van der Waals surface area contributed by atoms with Crippen LogP contribution in [0.25, 0.3) is 0 Å². The van der Waals surface area contributed by atoms with Crippen molar-refractivity contribution in [2.24, 2.45) is 0 Å². The number of carbonyl (C=O) groups excluding carboxylic acids is 1. The predicted molar refractivity (Wildman–Crippen MR) is 127 cm³/mol. The third-order valence-corrected chi connectivity index (χ3v) is 6.62. The molecule has 0 bridgehead atoms. The summed E-state index contributed by atoms with van der Waals surface area (Å²) in [6, 6.07) is 21.4. The highest BCUT2D eigenvalue weighted by Gasteiger charge is 2.20. The van der Waals surface area contributed by atoms with E-state index in [1.807, 2.05) is 6.07 Å². The Labute approximate surface area is 204 Å². The number of rotatable bonds is 8. The molecule has 0 spiro atoms. The standard InChI is InChI=1S/C25H19BrFNO5S/c26-20-6-2-5-19(15-20)25(29)28(17-23-8-3-13-32-23)16-18-4-1-7-22(14-18)33-34(30,31)24-11-9-21(27)10-12-24/h1-15H,16-17H2. The van der Waals surface area contributed by atoms with Crippen molar-refractivity contribution in [1.29, 1.82) is 0 Å². The van der Waals surface area contributed by atoms with Gasteiger partial charge in [0, 0.05) is 16.6 Å². The smallest absolute Gasteiger partial charge is 0.339 e. The van der Waals surface area contributed by atoms with Crippen molar-refractivity contribution in [2.45, 2.75) is 18.0 Å². The molecule has 0 unspecified atom stereocenters. The molecule has 0 aliphatic rings. The monoisotopic (exact) mass is 543 g/mol. The first-order valence-corrected chi connectivity index (χ1v) is 12.4. The molecule has 0 atom stereocenters. The van der Waals surface area contributed by atoms with E-state index in [1.165, 1.54) is 12.3 Å². The van der Waals surface area contributed by atoms with E-state index in [4.69, 9.17) is 8.60 Å². The molecule has 34 heavy (non-hydrogen) atoms. The van der Waals surface area contributed by atoms with Gasteiger partial charge in [-0.2, -0.15) is 8.42 Å². The van der Waals surface area contributed by atoms with Crippen LogP contribution in [0.5, 0.6) is 5.75 Å². The lowest BCUT2D eigenvalue weighted by atomic mass is 10.1. The normalized spacial score (nSPS) is 11.2. The van der Waals surface area contributed by atoms with Gasteiger partial charge in [0.05, 0.1) is 12.8 Å². The zero-order chi connectivity index (χ0) is 24.1. The highest BCUT2D eigenvalue weighted by atomic mass is 79.9. The first-order valence-electron chi connectivity index (χ1n) is 10.2. The first kappa shape index (κ1) is 23.7. The molecule has 1 aromatic heterocycles. The van der Waals surface area contributed by atoms with E-state index in [9.17, 15) is 17.6 Å². The van der Waals surface area contributed by atoms with Crippen LogP contribution in [0.2, 0.25) is 0 Å². The van der Waals surface area contributed by atoms with E-state index in [-0.39, 0.29) is 29.6 Å². The quantitative estimate of drug-likeness (QED) is 0.263. The Morgan fingerprint density at radius 2 is 1.71 bits per heavy atom. The second-order valence-electron chi connectivity index (χ2n) is 7.39. The van der Waals surface area contributed by atoms with Gasteiger partial charge in [-0.1, -0.05) is 34.1 Å². The minimum Gasteiger partial charge on any atom is -0.467 e. The molecule has 0 fully saturated rings. The molecule has 1 heterocycles. The molecule has 4 aromatic rings. The molecule has 9 heteroatoms. The molecule has 174 valence electrons. The summed E-state index contributed by atoms with van der Waals surface area (Å²) in [5, 5.41) is 0. The highest BCUT2D eigenvalue weighted by molar-refractivity contribution is 9.10. The lowest BCUT2D eigenvalue weighted by molar-refractivity contribution is 0.0717. The van der Waals surface area contributed by atoms with Gasteiger partial charge in [-0.15, -0.1) is 0 Å². The Bertz CT molecular complexity index is 1390. The second-order valence-corrected chi connectivity index (χ2v) is 9.85. The molecule has 4 rings (SSSR count). The van der Waals surface area contributed by atoms with Crippen LogP contribution in [-0.2, 0) is 23.2 Å². The molecule has 0 saturated heterocycles. The molecular weight excluding hydrogens is 525 g/mol. The topological polar surface area (TPSA) is 76.8 Å². The van der Waals surface area contributed by atoms with Gasteiger partial charge in [0.2, 0.25) is 0 Å². The van der Waals surface area contributed by atoms with Gasteiger partial charge < -0.3 is 13.5 Å². The maximum absolute atomic E-state index is 13.3. The molecule has 6 nitrogen and oxygen atoms in total. The predicted octanol–water partition coefficient (Wildman–Crippen LogP) is 5.79. The average Bonchev–Trinajstić information content (AvgIpc) is 3.32. The summed E-state index contributed by atoms with van der Waals surface area (Å²) in [5.74, 6) is -0.0834. The van der Waals surface area contributed by atoms with E-state index < -0.39 is 15.9 Å². The molecule has 0 N–H and O–H groups in total. The van der Waals surface area contributed by atoms with Crippen LogP contribution in [-0.4, -0.2) is 19.2 Å². The molecule has 0 aliphatic carbocycles. The van der Waals surface area contributed by atoms with E-state index in [1.54, 1.807) is 53.4 Å². The van der Waals surface area contributed by atoms with Crippen molar-refractivity contribution in [3.8, 4) is 5.75 Å². The SMILES string of the molecule is O=C(c1cccc(Br)c1)N(Cc1cccc(OS(=O)(=O)c2ccc(F)cc2)c1)Cc1ccco1. The first-order chi connectivity index (χ1) is 16.3. The Morgan fingerprint density at radius 3 is 2.41 bits per heavy atom. The van der Waals surface area contributed by atoms with Gasteiger partial charge in [0.25, 0.3) is 5.91 Å². The van der Waals surface area contributed by atoms with Crippen LogP contribution in [0.1, 0.15) is 21.7 Å². The summed E-state index contributed by atoms with van der Waals surface area (Å²) in [4.78, 5) is 14.7. The van der Waals surface area contributed by atoms with E-state index in [2.05, 4.69) is 15.9 Å².